The van der Waals surface area contributed by atoms with E-state index in [9.17, 15) is 13.2 Å². The van der Waals surface area contributed by atoms with Crippen molar-refractivity contribution in [1.82, 2.24) is 23.9 Å². The van der Waals surface area contributed by atoms with Crippen LogP contribution in [0.2, 0.25) is 0 Å². The summed E-state index contributed by atoms with van der Waals surface area (Å²) in [5.41, 5.74) is 1.30. The van der Waals surface area contributed by atoms with E-state index in [1.54, 1.807) is 28.9 Å². The van der Waals surface area contributed by atoms with Crippen LogP contribution in [0.4, 0.5) is 5.69 Å². The minimum atomic E-state index is -3.69. The second-order valence-electron chi connectivity index (χ2n) is 6.32. The Morgan fingerprint density at radius 2 is 1.96 bits per heavy atom. The summed E-state index contributed by atoms with van der Waals surface area (Å²) in [5.74, 6) is 0.233. The quantitative estimate of drug-likeness (QED) is 0.729. The van der Waals surface area contributed by atoms with Crippen LogP contribution < -0.4 is 5.32 Å². The lowest BCUT2D eigenvalue weighted by Gasteiger charge is -2.24. The van der Waals surface area contributed by atoms with Crippen molar-refractivity contribution in [3.05, 3.63) is 48.5 Å². The summed E-state index contributed by atoms with van der Waals surface area (Å²) >= 11 is 0. The number of sulfonamides is 1. The van der Waals surface area contributed by atoms with Gasteiger partial charge < -0.3 is 5.32 Å². The number of fused-ring (bicyclic) bond motifs is 1. The molecular weight excluding hydrogens is 368 g/mol. The molecule has 1 aliphatic heterocycles. The van der Waals surface area contributed by atoms with E-state index in [1.165, 1.54) is 29.7 Å². The lowest BCUT2D eigenvalue weighted by Crippen LogP contribution is -2.31. The molecule has 9 nitrogen and oxygen atoms in total. The Morgan fingerprint density at radius 1 is 1.19 bits per heavy atom. The Morgan fingerprint density at radius 3 is 2.70 bits per heavy atom. The van der Waals surface area contributed by atoms with E-state index in [-0.39, 0.29) is 16.8 Å². The number of hydrogen-bond acceptors (Lipinski definition) is 6. The molecule has 1 amide bonds. The minimum absolute atomic E-state index is 0.187. The number of rotatable bonds is 4. The fourth-order valence-electron chi connectivity index (χ4n) is 3.38. The summed E-state index contributed by atoms with van der Waals surface area (Å²) in [5, 5.41) is 6.80. The molecule has 0 radical (unpaired) electrons. The van der Waals surface area contributed by atoms with Crippen LogP contribution in [-0.4, -0.2) is 44.8 Å². The molecule has 0 bridgehead atoms. The number of carbonyl (C=O) groups is 1. The molecule has 1 aliphatic rings. The molecule has 10 heteroatoms. The smallest absolute Gasteiger partial charge is 0.252 e. The summed E-state index contributed by atoms with van der Waals surface area (Å²) in [6, 6.07) is 7.63. The van der Waals surface area contributed by atoms with Crippen molar-refractivity contribution < 1.29 is 13.2 Å². The Hall–Kier alpha value is -2.85. The van der Waals surface area contributed by atoms with E-state index in [4.69, 9.17) is 0 Å². The van der Waals surface area contributed by atoms with Gasteiger partial charge in [0.15, 0.2) is 0 Å². The van der Waals surface area contributed by atoms with Gasteiger partial charge in [0.1, 0.15) is 6.33 Å². The zero-order chi connectivity index (χ0) is 19.0. The topological polar surface area (TPSA) is 110 Å². The predicted octanol–water partition coefficient (Wildman–Crippen LogP) is 1.61. The molecule has 3 aromatic rings. The van der Waals surface area contributed by atoms with Crippen LogP contribution in [0.15, 0.2) is 47.8 Å². The van der Waals surface area contributed by atoms with Gasteiger partial charge in [-0.25, -0.2) is 13.4 Å². The fourth-order valence-corrected chi connectivity index (χ4v) is 5.05. The molecule has 1 saturated heterocycles. The van der Waals surface area contributed by atoms with Crippen molar-refractivity contribution >= 4 is 27.4 Å². The Bertz CT molecular complexity index is 1090. The van der Waals surface area contributed by atoms with Crippen molar-refractivity contribution in [3.63, 3.8) is 0 Å². The molecule has 1 fully saturated rings. The minimum Gasteiger partial charge on any atom is -0.326 e. The molecule has 1 N–H and O–H groups in total. The molecular formula is C17H18N6O3S. The molecule has 140 valence electrons. The van der Waals surface area contributed by atoms with Crippen LogP contribution in [0.5, 0.6) is 0 Å². The van der Waals surface area contributed by atoms with Gasteiger partial charge in [-0.05, 0) is 43.2 Å². The van der Waals surface area contributed by atoms with Crippen LogP contribution in [-0.2, 0) is 14.8 Å². The highest BCUT2D eigenvalue weighted by Gasteiger charge is 2.37. The Balaban J connectivity index is 1.68. The highest BCUT2D eigenvalue weighted by Crippen LogP contribution is 2.36. The maximum Gasteiger partial charge on any atom is 0.252 e. The third kappa shape index (κ3) is 3.17. The van der Waals surface area contributed by atoms with Gasteiger partial charge in [0.2, 0.25) is 15.9 Å². The Kier molecular flexibility index (Phi) is 4.36. The third-order valence-corrected chi connectivity index (χ3v) is 6.46. The van der Waals surface area contributed by atoms with Gasteiger partial charge in [-0.2, -0.15) is 18.9 Å². The SMILES string of the molecule is CC(=O)Nc1ccc(S(=O)(=O)N2CCC[C@@H]2c2ccnc3ncnn23)cc1. The van der Waals surface area contributed by atoms with E-state index in [2.05, 4.69) is 20.4 Å². The van der Waals surface area contributed by atoms with Crippen LogP contribution in [0, 0.1) is 0 Å². The van der Waals surface area contributed by atoms with E-state index < -0.39 is 10.0 Å². The molecule has 0 aliphatic carbocycles. The number of anilines is 1. The second kappa shape index (κ2) is 6.71. The lowest BCUT2D eigenvalue weighted by molar-refractivity contribution is -0.114. The summed E-state index contributed by atoms with van der Waals surface area (Å²) in [4.78, 5) is 19.5. The van der Waals surface area contributed by atoms with Crippen molar-refractivity contribution in [3.8, 4) is 0 Å². The first-order valence-electron chi connectivity index (χ1n) is 8.51. The molecule has 4 rings (SSSR count). The average Bonchev–Trinajstić information content (AvgIpc) is 3.31. The van der Waals surface area contributed by atoms with Crippen molar-refractivity contribution in [2.24, 2.45) is 0 Å². The fraction of sp³-hybridized carbons (Fsp3) is 0.294. The number of benzene rings is 1. The van der Waals surface area contributed by atoms with Crippen LogP contribution >= 0.6 is 0 Å². The zero-order valence-corrected chi connectivity index (χ0v) is 15.4. The van der Waals surface area contributed by atoms with Gasteiger partial charge in [0, 0.05) is 25.4 Å². The maximum atomic E-state index is 13.2. The van der Waals surface area contributed by atoms with Crippen molar-refractivity contribution in [2.45, 2.75) is 30.7 Å². The van der Waals surface area contributed by atoms with Crippen LogP contribution in [0.3, 0.4) is 0 Å². The number of carbonyl (C=O) groups excluding carboxylic acids is 1. The molecule has 3 heterocycles. The molecule has 2 aromatic heterocycles. The molecule has 1 aromatic carbocycles. The number of amides is 1. The van der Waals surface area contributed by atoms with Gasteiger partial charge in [0.25, 0.3) is 5.78 Å². The number of nitrogens with zero attached hydrogens (tertiary/aromatic N) is 5. The van der Waals surface area contributed by atoms with Crippen molar-refractivity contribution in [1.29, 1.82) is 0 Å². The van der Waals surface area contributed by atoms with Gasteiger partial charge in [-0.15, -0.1) is 0 Å². The van der Waals surface area contributed by atoms with Gasteiger partial charge in [-0.3, -0.25) is 4.79 Å². The maximum absolute atomic E-state index is 13.2. The number of nitrogens with one attached hydrogen (secondary N) is 1. The molecule has 0 unspecified atom stereocenters. The first-order valence-corrected chi connectivity index (χ1v) is 9.95. The monoisotopic (exact) mass is 386 g/mol. The van der Waals surface area contributed by atoms with Gasteiger partial charge >= 0.3 is 0 Å². The normalized spacial score (nSPS) is 18.0. The first kappa shape index (κ1) is 17.6. The van der Waals surface area contributed by atoms with Crippen LogP contribution in [0.25, 0.3) is 5.78 Å². The number of aromatic nitrogens is 4. The molecule has 1 atom stereocenters. The Labute approximate surface area is 156 Å². The van der Waals surface area contributed by atoms with Gasteiger partial charge in [-0.1, -0.05) is 0 Å². The first-order chi connectivity index (χ1) is 13.0. The van der Waals surface area contributed by atoms with E-state index >= 15 is 0 Å². The molecule has 0 spiro atoms. The highest BCUT2D eigenvalue weighted by molar-refractivity contribution is 7.89. The van der Waals surface area contributed by atoms with E-state index in [0.29, 0.717) is 24.4 Å². The zero-order valence-electron chi connectivity index (χ0n) is 14.6. The average molecular weight is 386 g/mol. The predicted molar refractivity (Wildman–Crippen MR) is 97.4 cm³/mol. The van der Waals surface area contributed by atoms with Crippen LogP contribution in [0.1, 0.15) is 31.5 Å². The third-order valence-electron chi connectivity index (χ3n) is 4.54. The van der Waals surface area contributed by atoms with Crippen molar-refractivity contribution in [2.75, 3.05) is 11.9 Å². The summed E-state index contributed by atoms with van der Waals surface area (Å²) in [6.07, 6.45) is 4.47. The highest BCUT2D eigenvalue weighted by atomic mass is 32.2. The van der Waals surface area contributed by atoms with Gasteiger partial charge in [0.05, 0.1) is 16.6 Å². The second-order valence-corrected chi connectivity index (χ2v) is 8.21. The van der Waals surface area contributed by atoms with E-state index in [1.807, 2.05) is 0 Å². The lowest BCUT2D eigenvalue weighted by atomic mass is 10.1. The molecule has 0 saturated carbocycles. The summed E-state index contributed by atoms with van der Waals surface area (Å²) in [6.45, 7) is 1.83. The molecule has 27 heavy (non-hydrogen) atoms. The summed E-state index contributed by atoms with van der Waals surface area (Å²) in [7, 11) is -3.69. The van der Waals surface area contributed by atoms with E-state index in [0.717, 1.165) is 12.1 Å². The largest absolute Gasteiger partial charge is 0.326 e. The standard InChI is InChI=1S/C17H18N6O3S/c1-12(24)21-13-4-6-14(7-5-13)27(25,26)22-10-2-3-15(22)16-8-9-18-17-19-11-20-23(16)17/h4-9,11,15H,2-3,10H2,1H3,(H,21,24)/t15-/m1/s1. The number of hydrogen-bond donors (Lipinski definition) is 1. The summed E-state index contributed by atoms with van der Waals surface area (Å²) < 4.78 is 29.5.